The van der Waals surface area contributed by atoms with Gasteiger partial charge in [0.1, 0.15) is 18.8 Å². The van der Waals surface area contributed by atoms with Crippen LogP contribution in [0.5, 0.6) is 0 Å². The number of carbonyl (C=O) groups is 2. The van der Waals surface area contributed by atoms with E-state index < -0.39 is 18.1 Å². The molecule has 1 amide bonds. The number of carbonyl (C=O) groups excluding carboxylic acids is 2. The average Bonchev–Trinajstić information content (AvgIpc) is 2.81. The Bertz CT molecular complexity index is 952. The zero-order valence-corrected chi connectivity index (χ0v) is 16.5. The zero-order chi connectivity index (χ0) is 21.2. The number of amides is 1. The highest BCUT2D eigenvalue weighted by Crippen LogP contribution is 2.09. The molecule has 154 valence electrons. The lowest BCUT2D eigenvalue weighted by atomic mass is 10.2. The first-order valence-corrected chi connectivity index (χ1v) is 9.34. The molecule has 3 rings (SSSR count). The molecule has 0 bridgehead atoms. The first-order chi connectivity index (χ1) is 14.7. The molecule has 2 aromatic heterocycles. The fourth-order valence-electron chi connectivity index (χ4n) is 2.66. The second-order valence-electron chi connectivity index (χ2n) is 6.32. The van der Waals surface area contributed by atoms with Gasteiger partial charge in [-0.3, -0.25) is 0 Å². The molecule has 0 saturated heterocycles. The molecule has 30 heavy (non-hydrogen) atoms. The van der Waals surface area contributed by atoms with Gasteiger partial charge in [0.15, 0.2) is 18.6 Å². The Morgan fingerprint density at radius 2 is 1.87 bits per heavy atom. The third-order valence-electron chi connectivity index (χ3n) is 4.23. The molecule has 1 N–H and O–H groups in total. The summed E-state index contributed by atoms with van der Waals surface area (Å²) in [5.41, 5.74) is 1.63. The minimum atomic E-state index is -0.857. The van der Waals surface area contributed by atoms with Gasteiger partial charge in [0.25, 0.3) is 0 Å². The van der Waals surface area contributed by atoms with Crippen molar-refractivity contribution in [2.75, 3.05) is 7.11 Å². The molecule has 9 heteroatoms. The number of rotatable bonds is 8. The molecule has 2 heterocycles. The lowest BCUT2D eigenvalue weighted by Crippen LogP contribution is -2.46. The number of hydrogen-bond donors (Lipinski definition) is 1. The van der Waals surface area contributed by atoms with Gasteiger partial charge in [-0.05, 0) is 16.7 Å². The van der Waals surface area contributed by atoms with E-state index >= 15 is 0 Å². The minimum Gasteiger partial charge on any atom is -0.467 e. The van der Waals surface area contributed by atoms with E-state index in [4.69, 9.17) is 9.47 Å². The average molecular weight is 408 g/mol. The Kier molecular flexibility index (Phi) is 7.37. The van der Waals surface area contributed by atoms with E-state index in [2.05, 4.69) is 20.4 Å². The zero-order valence-electron chi connectivity index (χ0n) is 16.5. The molecule has 3 aromatic rings. The summed E-state index contributed by atoms with van der Waals surface area (Å²) in [6.07, 6.45) is 6.31. The number of hydrogen-bond acceptors (Lipinski definition) is 7. The van der Waals surface area contributed by atoms with E-state index in [9.17, 15) is 9.59 Å². The number of methoxy groups -OCH3 is 1. The summed E-state index contributed by atoms with van der Waals surface area (Å²) in [6, 6.07) is 12.0. The van der Waals surface area contributed by atoms with Crippen molar-refractivity contribution in [2.45, 2.75) is 25.6 Å². The Hall–Kier alpha value is -3.88. The standard InChI is InChI=1S/C21H21N5O4/c1-29-20(27)18(25-21(28)30-15-16-6-3-2-4-7-16)9-13-26-12-8-17(14-24-26)19-22-10-5-11-23-19/h2-8,10-12,14,18H,9,13,15H2,1H3/p+1/t18-/m0/s1. The van der Waals surface area contributed by atoms with E-state index in [1.54, 1.807) is 35.5 Å². The molecule has 0 unspecified atom stereocenters. The van der Waals surface area contributed by atoms with Crippen LogP contribution in [0.4, 0.5) is 4.79 Å². The van der Waals surface area contributed by atoms with Crippen LogP contribution in [0, 0.1) is 0 Å². The number of nitrogens with zero attached hydrogens (tertiary/aromatic N) is 4. The summed E-state index contributed by atoms with van der Waals surface area (Å²) in [7, 11) is 1.27. The van der Waals surface area contributed by atoms with Crippen molar-refractivity contribution < 1.29 is 23.7 Å². The fraction of sp³-hybridized carbons (Fsp3) is 0.238. The summed E-state index contributed by atoms with van der Waals surface area (Å²) in [4.78, 5) is 32.5. The second-order valence-corrected chi connectivity index (χ2v) is 6.32. The summed E-state index contributed by atoms with van der Waals surface area (Å²) >= 11 is 0. The van der Waals surface area contributed by atoms with Gasteiger partial charge < -0.3 is 14.8 Å². The fourth-order valence-corrected chi connectivity index (χ4v) is 2.66. The number of aromatic nitrogens is 4. The number of aryl methyl sites for hydroxylation is 1. The topological polar surface area (TPSA) is 107 Å². The Balaban J connectivity index is 1.54. The highest BCUT2D eigenvalue weighted by molar-refractivity contribution is 5.81. The van der Waals surface area contributed by atoms with Crippen molar-refractivity contribution in [3.63, 3.8) is 0 Å². The molecule has 0 radical (unpaired) electrons. The van der Waals surface area contributed by atoms with Crippen LogP contribution in [0.1, 0.15) is 12.0 Å². The van der Waals surface area contributed by atoms with Crippen LogP contribution in [0.25, 0.3) is 11.4 Å². The Morgan fingerprint density at radius 1 is 1.10 bits per heavy atom. The molecule has 1 aromatic carbocycles. The molecule has 9 nitrogen and oxygen atoms in total. The monoisotopic (exact) mass is 408 g/mol. The smallest absolute Gasteiger partial charge is 0.408 e. The lowest BCUT2D eigenvalue weighted by molar-refractivity contribution is -0.754. The maximum absolute atomic E-state index is 12.1. The number of nitrogens with one attached hydrogen (secondary N) is 1. The van der Waals surface area contributed by atoms with Crippen molar-refractivity contribution in [3.8, 4) is 11.4 Å². The second kappa shape index (κ2) is 10.6. The van der Waals surface area contributed by atoms with Crippen LogP contribution in [0.15, 0.2) is 67.3 Å². The van der Waals surface area contributed by atoms with E-state index in [1.165, 1.54) is 7.11 Å². The van der Waals surface area contributed by atoms with E-state index in [1.807, 2.05) is 36.4 Å². The molecule has 0 aliphatic heterocycles. The van der Waals surface area contributed by atoms with Crippen molar-refractivity contribution >= 4 is 12.1 Å². The van der Waals surface area contributed by atoms with Crippen LogP contribution < -0.4 is 10.00 Å². The summed E-state index contributed by atoms with van der Waals surface area (Å²) in [6.45, 7) is 0.495. The number of alkyl carbamates (subject to hydrolysis) is 1. The first kappa shape index (κ1) is 20.8. The maximum Gasteiger partial charge on any atom is 0.408 e. The highest BCUT2D eigenvalue weighted by Gasteiger charge is 2.24. The van der Waals surface area contributed by atoms with Gasteiger partial charge in [0.05, 0.1) is 7.11 Å². The van der Waals surface area contributed by atoms with Crippen molar-refractivity contribution in [2.24, 2.45) is 0 Å². The maximum atomic E-state index is 12.1. The molecule has 1 atom stereocenters. The van der Waals surface area contributed by atoms with Gasteiger partial charge in [-0.25, -0.2) is 19.6 Å². The number of esters is 1. The quantitative estimate of drug-likeness (QED) is 0.446. The van der Waals surface area contributed by atoms with Gasteiger partial charge in [-0.2, -0.15) is 0 Å². The molecular weight excluding hydrogens is 386 g/mol. The molecule has 0 fully saturated rings. The number of ether oxygens (including phenoxy) is 2. The summed E-state index contributed by atoms with van der Waals surface area (Å²) < 4.78 is 11.6. The third-order valence-corrected chi connectivity index (χ3v) is 4.23. The predicted octanol–water partition coefficient (Wildman–Crippen LogP) is 1.68. The van der Waals surface area contributed by atoms with Gasteiger partial charge in [0, 0.05) is 30.4 Å². The molecule has 0 aliphatic rings. The van der Waals surface area contributed by atoms with Crippen molar-refractivity contribution in [1.29, 1.82) is 0 Å². The van der Waals surface area contributed by atoms with Crippen molar-refractivity contribution in [3.05, 3.63) is 72.8 Å². The van der Waals surface area contributed by atoms with Crippen LogP contribution >= 0.6 is 0 Å². The SMILES string of the molecule is COC(=O)[C@H](CC[n+]1ccc(-c2ncccn2)cn1)NC(=O)OCc1ccccc1. The molecule has 0 spiro atoms. The minimum absolute atomic E-state index is 0.111. The molecule has 0 saturated carbocycles. The van der Waals surface area contributed by atoms with Gasteiger partial charge in [-0.1, -0.05) is 35.0 Å². The van der Waals surface area contributed by atoms with E-state index in [0.717, 1.165) is 11.1 Å². The van der Waals surface area contributed by atoms with Crippen LogP contribution in [-0.2, 0) is 27.4 Å². The Labute approximate surface area is 173 Å². The van der Waals surface area contributed by atoms with Gasteiger partial charge in [-0.15, -0.1) is 0 Å². The van der Waals surface area contributed by atoms with Gasteiger partial charge in [0.2, 0.25) is 0 Å². The highest BCUT2D eigenvalue weighted by atomic mass is 16.6. The van der Waals surface area contributed by atoms with Crippen LogP contribution in [-0.4, -0.2) is 40.3 Å². The molecule has 0 aliphatic carbocycles. The van der Waals surface area contributed by atoms with Crippen molar-refractivity contribution in [1.82, 2.24) is 20.4 Å². The first-order valence-electron chi connectivity index (χ1n) is 9.34. The predicted molar refractivity (Wildman–Crippen MR) is 106 cm³/mol. The molecular formula is C21H22N5O4+. The summed E-state index contributed by atoms with van der Waals surface area (Å²) in [5.74, 6) is 0.0222. The Morgan fingerprint density at radius 3 is 2.53 bits per heavy atom. The lowest BCUT2D eigenvalue weighted by Gasteiger charge is -2.15. The largest absolute Gasteiger partial charge is 0.467 e. The van der Waals surface area contributed by atoms with E-state index in [-0.39, 0.29) is 13.0 Å². The van der Waals surface area contributed by atoms with E-state index in [0.29, 0.717) is 12.4 Å². The summed E-state index contributed by atoms with van der Waals surface area (Å²) in [5, 5.41) is 6.86. The normalized spacial score (nSPS) is 11.4. The van der Waals surface area contributed by atoms with Crippen LogP contribution in [0.3, 0.4) is 0 Å². The third kappa shape index (κ3) is 6.06. The van der Waals surface area contributed by atoms with Gasteiger partial charge >= 0.3 is 12.1 Å². The number of benzene rings is 1. The van der Waals surface area contributed by atoms with Crippen LogP contribution in [0.2, 0.25) is 0 Å².